The minimum absolute atomic E-state index is 0.301. The highest BCUT2D eigenvalue weighted by molar-refractivity contribution is 5.51. The molecule has 0 aliphatic heterocycles. The van der Waals surface area contributed by atoms with Crippen LogP contribution in [0.1, 0.15) is 30.5 Å². The van der Waals surface area contributed by atoms with Gasteiger partial charge in [-0.2, -0.15) is 0 Å². The van der Waals surface area contributed by atoms with E-state index in [2.05, 4.69) is 0 Å². The highest BCUT2D eigenvalue weighted by atomic mass is 16.3. The minimum Gasteiger partial charge on any atom is -0.508 e. The summed E-state index contributed by atoms with van der Waals surface area (Å²) in [6.45, 7) is 5.76. The number of hydrogen-bond donors (Lipinski definition) is 2. The summed E-state index contributed by atoms with van der Waals surface area (Å²) in [4.78, 5) is 0. The second-order valence-corrected chi connectivity index (χ2v) is 3.21. The van der Waals surface area contributed by atoms with E-state index in [9.17, 15) is 10.2 Å². The molecule has 2 N–H and O–H groups in total. The van der Waals surface area contributed by atoms with Crippen molar-refractivity contribution in [1.29, 1.82) is 0 Å². The summed E-state index contributed by atoms with van der Waals surface area (Å²) in [7, 11) is 0. The number of aromatic hydroxyl groups is 2. The second-order valence-electron chi connectivity index (χ2n) is 3.21. The molecule has 1 rings (SSSR count). The summed E-state index contributed by atoms with van der Waals surface area (Å²) >= 11 is 0. The van der Waals surface area contributed by atoms with Crippen LogP contribution in [0.3, 0.4) is 0 Å². The molecule has 0 aromatic heterocycles. The number of phenols is 2. The Bertz CT molecular complexity index is 316. The predicted octanol–water partition coefficient (Wildman–Crippen LogP) is 2.53. The van der Waals surface area contributed by atoms with Gasteiger partial charge in [0, 0.05) is 5.56 Å². The molecule has 0 atom stereocenters. The molecule has 1 aromatic carbocycles. The number of benzene rings is 1. The van der Waals surface area contributed by atoms with Gasteiger partial charge < -0.3 is 10.2 Å². The third-order valence-corrected chi connectivity index (χ3v) is 2.47. The van der Waals surface area contributed by atoms with Crippen molar-refractivity contribution in [3.63, 3.8) is 0 Å². The molecular weight excluding hydrogens is 164 g/mol. The smallest absolute Gasteiger partial charge is 0.122 e. The summed E-state index contributed by atoms with van der Waals surface area (Å²) < 4.78 is 0. The summed E-state index contributed by atoms with van der Waals surface area (Å²) in [6.07, 6.45) is 1.49. The van der Waals surface area contributed by atoms with Crippen LogP contribution in [0.5, 0.6) is 11.5 Å². The monoisotopic (exact) mass is 180 g/mol. The summed E-state index contributed by atoms with van der Waals surface area (Å²) in [6, 6.07) is 1.65. The van der Waals surface area contributed by atoms with Crippen molar-refractivity contribution < 1.29 is 10.2 Å². The van der Waals surface area contributed by atoms with Crippen LogP contribution in [-0.2, 0) is 12.8 Å². The maximum absolute atomic E-state index is 9.72. The summed E-state index contributed by atoms with van der Waals surface area (Å²) in [5.74, 6) is 0.631. The van der Waals surface area contributed by atoms with Crippen LogP contribution < -0.4 is 0 Å². The first-order chi connectivity index (χ1) is 6.11. The summed E-state index contributed by atoms with van der Waals surface area (Å²) in [5.41, 5.74) is 2.46. The van der Waals surface area contributed by atoms with Crippen molar-refractivity contribution in [3.8, 4) is 11.5 Å². The Morgan fingerprint density at radius 3 is 2.23 bits per heavy atom. The fourth-order valence-corrected chi connectivity index (χ4v) is 1.61. The van der Waals surface area contributed by atoms with Crippen molar-refractivity contribution in [1.82, 2.24) is 0 Å². The van der Waals surface area contributed by atoms with E-state index in [4.69, 9.17) is 0 Å². The Kier molecular flexibility index (Phi) is 2.81. The molecule has 72 valence electrons. The fraction of sp³-hybridized carbons (Fsp3) is 0.455. The van der Waals surface area contributed by atoms with E-state index in [-0.39, 0.29) is 0 Å². The Labute approximate surface area is 78.8 Å². The van der Waals surface area contributed by atoms with E-state index < -0.39 is 0 Å². The molecule has 0 bridgehead atoms. The van der Waals surface area contributed by atoms with E-state index in [0.717, 1.165) is 29.5 Å². The Balaban J connectivity index is 3.37. The van der Waals surface area contributed by atoms with Crippen molar-refractivity contribution in [2.45, 2.75) is 33.6 Å². The lowest BCUT2D eigenvalue weighted by atomic mass is 9.99. The molecule has 2 heteroatoms. The first-order valence-corrected chi connectivity index (χ1v) is 4.65. The zero-order valence-electron chi connectivity index (χ0n) is 8.39. The molecule has 0 amide bonds. The van der Waals surface area contributed by atoms with Crippen LogP contribution in [0.15, 0.2) is 6.07 Å². The third-order valence-electron chi connectivity index (χ3n) is 2.47. The summed E-state index contributed by atoms with van der Waals surface area (Å²) in [5, 5.41) is 19.3. The minimum atomic E-state index is 0.301. The van der Waals surface area contributed by atoms with Gasteiger partial charge in [0.1, 0.15) is 11.5 Å². The lowest BCUT2D eigenvalue weighted by molar-refractivity contribution is 0.446. The van der Waals surface area contributed by atoms with E-state index >= 15 is 0 Å². The Morgan fingerprint density at radius 2 is 1.77 bits per heavy atom. The van der Waals surface area contributed by atoms with Gasteiger partial charge in [0.05, 0.1) is 0 Å². The highest BCUT2D eigenvalue weighted by Crippen LogP contribution is 2.32. The molecule has 0 aliphatic carbocycles. The first kappa shape index (κ1) is 9.90. The maximum atomic E-state index is 9.72. The lowest BCUT2D eigenvalue weighted by Gasteiger charge is -2.11. The van der Waals surface area contributed by atoms with E-state index in [1.807, 2.05) is 20.8 Å². The Morgan fingerprint density at radius 1 is 1.15 bits per heavy atom. The molecule has 0 spiro atoms. The molecule has 13 heavy (non-hydrogen) atoms. The van der Waals surface area contributed by atoms with Gasteiger partial charge in [-0.3, -0.25) is 0 Å². The van der Waals surface area contributed by atoms with Gasteiger partial charge in [-0.15, -0.1) is 0 Å². The van der Waals surface area contributed by atoms with E-state index in [1.54, 1.807) is 6.07 Å². The van der Waals surface area contributed by atoms with Crippen molar-refractivity contribution in [3.05, 3.63) is 22.8 Å². The van der Waals surface area contributed by atoms with Gasteiger partial charge >= 0.3 is 0 Å². The standard InChI is InChI=1S/C11H16O2/c1-4-8-6-10(12)9(5-2)7(3)11(8)13/h6,12-13H,4-5H2,1-3H3. The van der Waals surface area contributed by atoms with Crippen LogP contribution in [0.4, 0.5) is 0 Å². The molecule has 0 heterocycles. The molecular formula is C11H16O2. The molecule has 1 aromatic rings. The number of aryl methyl sites for hydroxylation is 1. The second kappa shape index (κ2) is 3.69. The fourth-order valence-electron chi connectivity index (χ4n) is 1.61. The molecule has 0 aliphatic rings. The molecule has 2 nitrogen and oxygen atoms in total. The highest BCUT2D eigenvalue weighted by Gasteiger charge is 2.11. The molecule has 0 radical (unpaired) electrons. The van der Waals surface area contributed by atoms with Gasteiger partial charge in [0.15, 0.2) is 0 Å². The van der Waals surface area contributed by atoms with Crippen molar-refractivity contribution in [2.24, 2.45) is 0 Å². The maximum Gasteiger partial charge on any atom is 0.122 e. The molecule has 0 saturated carbocycles. The van der Waals surface area contributed by atoms with Crippen LogP contribution in [0.2, 0.25) is 0 Å². The third kappa shape index (κ3) is 1.62. The van der Waals surface area contributed by atoms with E-state index in [0.29, 0.717) is 11.5 Å². The average molecular weight is 180 g/mol. The SMILES string of the molecule is CCc1cc(O)c(CC)c(C)c1O. The van der Waals surface area contributed by atoms with Crippen LogP contribution >= 0.6 is 0 Å². The molecule has 0 saturated heterocycles. The largest absolute Gasteiger partial charge is 0.508 e. The number of rotatable bonds is 2. The van der Waals surface area contributed by atoms with Crippen LogP contribution in [0, 0.1) is 6.92 Å². The van der Waals surface area contributed by atoms with E-state index in [1.165, 1.54) is 0 Å². The zero-order valence-corrected chi connectivity index (χ0v) is 8.39. The van der Waals surface area contributed by atoms with Crippen molar-refractivity contribution in [2.75, 3.05) is 0 Å². The quantitative estimate of drug-likeness (QED) is 0.686. The molecule has 0 fully saturated rings. The average Bonchev–Trinajstić information content (AvgIpc) is 2.12. The van der Waals surface area contributed by atoms with Crippen LogP contribution in [-0.4, -0.2) is 10.2 Å². The zero-order chi connectivity index (χ0) is 10.0. The van der Waals surface area contributed by atoms with Crippen molar-refractivity contribution >= 4 is 0 Å². The first-order valence-electron chi connectivity index (χ1n) is 4.65. The lowest BCUT2D eigenvalue weighted by Crippen LogP contribution is -1.92. The number of hydrogen-bond acceptors (Lipinski definition) is 2. The van der Waals surface area contributed by atoms with Crippen LogP contribution in [0.25, 0.3) is 0 Å². The number of phenolic OH excluding ortho intramolecular Hbond substituents is 2. The van der Waals surface area contributed by atoms with Gasteiger partial charge in [0.2, 0.25) is 0 Å². The normalized spacial score (nSPS) is 10.4. The Hall–Kier alpha value is -1.18. The van der Waals surface area contributed by atoms with Gasteiger partial charge in [0.25, 0.3) is 0 Å². The molecule has 0 unspecified atom stereocenters. The van der Waals surface area contributed by atoms with Gasteiger partial charge in [-0.1, -0.05) is 13.8 Å². The van der Waals surface area contributed by atoms with Gasteiger partial charge in [-0.25, -0.2) is 0 Å². The van der Waals surface area contributed by atoms with Gasteiger partial charge in [-0.05, 0) is 37.0 Å². The predicted molar refractivity (Wildman–Crippen MR) is 53.3 cm³/mol. The topological polar surface area (TPSA) is 40.5 Å².